The molecule has 14 heavy (non-hydrogen) atoms. The maximum atomic E-state index is 12.3. The van der Waals surface area contributed by atoms with Crippen molar-refractivity contribution in [2.45, 2.75) is 12.3 Å². The number of halogens is 4. The number of ether oxygens (including phenoxy) is 1. The predicted octanol–water partition coefficient (Wildman–Crippen LogP) is 2.83. The molecule has 1 aromatic rings. The maximum absolute atomic E-state index is 12.3. The van der Waals surface area contributed by atoms with Gasteiger partial charge in [-0.3, -0.25) is 0 Å². The normalized spacial score (nSPS) is 21.0. The molecule has 0 bridgehead atoms. The Bertz CT molecular complexity index is 362. The number of rotatable bonds is 1. The van der Waals surface area contributed by atoms with E-state index in [9.17, 15) is 13.2 Å². The molecule has 0 spiro atoms. The van der Waals surface area contributed by atoms with Crippen LogP contribution in [0.25, 0.3) is 0 Å². The average Bonchev–Trinajstić information content (AvgIpc) is 2.85. The van der Waals surface area contributed by atoms with Crippen LogP contribution in [0.3, 0.4) is 0 Å². The van der Waals surface area contributed by atoms with Gasteiger partial charge in [0.15, 0.2) is 0 Å². The number of hydrogen-bond donors (Lipinski definition) is 0. The van der Waals surface area contributed by atoms with Crippen molar-refractivity contribution in [3.05, 3.63) is 28.5 Å². The maximum Gasteiger partial charge on any atom is 0.417 e. The predicted molar refractivity (Wildman–Crippen MR) is 42.9 cm³/mol. The molecule has 1 fully saturated rings. The lowest BCUT2D eigenvalue weighted by Gasteiger charge is -2.07. The van der Waals surface area contributed by atoms with Crippen LogP contribution in [-0.2, 0) is 10.9 Å². The third-order valence-electron chi connectivity index (χ3n) is 1.87. The Morgan fingerprint density at radius 2 is 2.14 bits per heavy atom. The number of hydrogen-bond acceptors (Lipinski definition) is 2. The van der Waals surface area contributed by atoms with E-state index in [0.29, 0.717) is 18.4 Å². The topological polar surface area (TPSA) is 25.4 Å². The molecular weight excluding hydrogens is 219 g/mol. The SMILES string of the molecule is FC(F)(F)c1cnc(Cl)c([C@H]2CO2)c1. The van der Waals surface area contributed by atoms with Crippen molar-refractivity contribution in [3.63, 3.8) is 0 Å². The van der Waals surface area contributed by atoms with E-state index in [1.165, 1.54) is 0 Å². The van der Waals surface area contributed by atoms with E-state index >= 15 is 0 Å². The van der Waals surface area contributed by atoms with E-state index in [2.05, 4.69) is 4.98 Å². The molecule has 0 amide bonds. The van der Waals surface area contributed by atoms with Gasteiger partial charge in [0.25, 0.3) is 0 Å². The van der Waals surface area contributed by atoms with Gasteiger partial charge in [-0.1, -0.05) is 11.6 Å². The molecule has 1 aromatic heterocycles. The molecule has 1 aliphatic rings. The van der Waals surface area contributed by atoms with E-state index < -0.39 is 11.7 Å². The highest BCUT2D eigenvalue weighted by Gasteiger charge is 2.35. The minimum absolute atomic E-state index is 0.0699. The molecule has 2 nitrogen and oxygen atoms in total. The first-order valence-corrected chi connectivity index (χ1v) is 4.20. The van der Waals surface area contributed by atoms with E-state index in [0.717, 1.165) is 6.07 Å². The molecule has 0 aliphatic carbocycles. The molecule has 6 heteroatoms. The first-order chi connectivity index (χ1) is 6.48. The molecular formula is C8H5ClF3NO. The second-order valence-electron chi connectivity index (χ2n) is 2.92. The number of alkyl halides is 3. The Morgan fingerprint density at radius 3 is 2.64 bits per heavy atom. The molecule has 1 atom stereocenters. The van der Waals surface area contributed by atoms with Gasteiger partial charge >= 0.3 is 6.18 Å². The van der Waals surface area contributed by atoms with Crippen molar-refractivity contribution in [2.24, 2.45) is 0 Å². The van der Waals surface area contributed by atoms with Crippen molar-refractivity contribution in [3.8, 4) is 0 Å². The first kappa shape index (κ1) is 9.73. The monoisotopic (exact) mass is 223 g/mol. The summed E-state index contributed by atoms with van der Waals surface area (Å²) in [4.78, 5) is 3.47. The van der Waals surface area contributed by atoms with Gasteiger partial charge in [0.2, 0.25) is 0 Å². The number of pyridine rings is 1. The molecule has 0 saturated carbocycles. The zero-order valence-electron chi connectivity index (χ0n) is 6.81. The number of aromatic nitrogens is 1. The smallest absolute Gasteiger partial charge is 0.368 e. The van der Waals surface area contributed by atoms with Gasteiger partial charge in [-0.25, -0.2) is 4.98 Å². The van der Waals surface area contributed by atoms with Crippen LogP contribution in [0.15, 0.2) is 12.3 Å². The lowest BCUT2D eigenvalue weighted by atomic mass is 10.1. The molecule has 0 N–H and O–H groups in total. The molecule has 2 rings (SSSR count). The summed E-state index contributed by atoms with van der Waals surface area (Å²) >= 11 is 5.62. The van der Waals surface area contributed by atoms with Crippen LogP contribution in [0, 0.1) is 0 Å². The largest absolute Gasteiger partial charge is 0.417 e. The second-order valence-corrected chi connectivity index (χ2v) is 3.28. The summed E-state index contributed by atoms with van der Waals surface area (Å²) in [6.07, 6.45) is -3.99. The van der Waals surface area contributed by atoms with Gasteiger partial charge in [-0.15, -0.1) is 0 Å². The minimum atomic E-state index is -4.39. The average molecular weight is 224 g/mol. The Labute approximate surface area is 82.7 Å². The Kier molecular flexibility index (Phi) is 2.16. The number of epoxide rings is 1. The zero-order chi connectivity index (χ0) is 10.3. The lowest BCUT2D eigenvalue weighted by Crippen LogP contribution is -2.06. The Morgan fingerprint density at radius 1 is 1.50 bits per heavy atom. The first-order valence-electron chi connectivity index (χ1n) is 3.83. The number of nitrogens with zero attached hydrogens (tertiary/aromatic N) is 1. The molecule has 0 unspecified atom stereocenters. The molecule has 1 saturated heterocycles. The van der Waals surface area contributed by atoms with Gasteiger partial charge in [0.1, 0.15) is 11.3 Å². The van der Waals surface area contributed by atoms with Crippen molar-refractivity contribution < 1.29 is 17.9 Å². The summed E-state index contributed by atoms with van der Waals surface area (Å²) in [5.41, 5.74) is -0.492. The Hall–Kier alpha value is -0.810. The fraction of sp³-hybridized carbons (Fsp3) is 0.375. The third kappa shape index (κ3) is 1.83. The summed E-state index contributed by atoms with van der Waals surface area (Å²) in [5.74, 6) is 0. The van der Waals surface area contributed by atoms with Crippen LogP contribution in [0.1, 0.15) is 17.2 Å². The Balaban J connectivity index is 2.40. The molecule has 1 aliphatic heterocycles. The highest BCUT2D eigenvalue weighted by atomic mass is 35.5. The van der Waals surface area contributed by atoms with Gasteiger partial charge in [-0.05, 0) is 6.07 Å². The molecule has 0 aromatic carbocycles. The van der Waals surface area contributed by atoms with Crippen LogP contribution in [0.5, 0.6) is 0 Å². The fourth-order valence-corrected chi connectivity index (χ4v) is 1.30. The highest BCUT2D eigenvalue weighted by Crippen LogP contribution is 2.37. The second kappa shape index (κ2) is 3.10. The summed E-state index contributed by atoms with van der Waals surface area (Å²) in [6, 6.07) is 0.979. The van der Waals surface area contributed by atoms with Crippen molar-refractivity contribution in [1.82, 2.24) is 4.98 Å². The van der Waals surface area contributed by atoms with Crippen LogP contribution in [-0.4, -0.2) is 11.6 Å². The van der Waals surface area contributed by atoms with Crippen molar-refractivity contribution >= 4 is 11.6 Å². The lowest BCUT2D eigenvalue weighted by molar-refractivity contribution is -0.137. The summed E-state index contributed by atoms with van der Waals surface area (Å²) in [7, 11) is 0. The zero-order valence-corrected chi connectivity index (χ0v) is 7.56. The third-order valence-corrected chi connectivity index (χ3v) is 2.19. The van der Waals surface area contributed by atoms with Crippen molar-refractivity contribution in [2.75, 3.05) is 6.61 Å². The summed E-state index contributed by atoms with van der Waals surface area (Å²) < 4.78 is 41.6. The minimum Gasteiger partial charge on any atom is -0.368 e. The van der Waals surface area contributed by atoms with Gasteiger partial charge in [-0.2, -0.15) is 13.2 Å². The van der Waals surface area contributed by atoms with Crippen LogP contribution in [0.2, 0.25) is 5.15 Å². The van der Waals surface area contributed by atoms with Gasteiger partial charge < -0.3 is 4.74 Å². The van der Waals surface area contributed by atoms with Gasteiger partial charge in [0, 0.05) is 11.8 Å². The highest BCUT2D eigenvalue weighted by molar-refractivity contribution is 6.30. The summed E-state index contributed by atoms with van der Waals surface area (Å²) in [5, 5.41) is 0.0699. The van der Waals surface area contributed by atoms with E-state index in [1.807, 2.05) is 0 Å². The standard InChI is InChI=1S/C8H5ClF3NO/c9-7-5(6-3-14-6)1-4(2-13-7)8(10,11)12/h1-2,6H,3H2/t6-/m1/s1. The fourth-order valence-electron chi connectivity index (χ4n) is 1.07. The van der Waals surface area contributed by atoms with Crippen LogP contribution in [0.4, 0.5) is 13.2 Å². The molecule has 0 radical (unpaired) electrons. The van der Waals surface area contributed by atoms with Gasteiger partial charge in [0.05, 0.1) is 12.2 Å². The van der Waals surface area contributed by atoms with E-state index in [1.54, 1.807) is 0 Å². The van der Waals surface area contributed by atoms with E-state index in [-0.39, 0.29) is 11.3 Å². The molecule has 2 heterocycles. The quantitative estimate of drug-likeness (QED) is 0.540. The molecule has 76 valence electrons. The van der Waals surface area contributed by atoms with Crippen molar-refractivity contribution in [1.29, 1.82) is 0 Å². The van der Waals surface area contributed by atoms with Crippen LogP contribution < -0.4 is 0 Å². The van der Waals surface area contributed by atoms with Crippen LogP contribution >= 0.6 is 11.6 Å². The summed E-state index contributed by atoms with van der Waals surface area (Å²) in [6.45, 7) is 0.405. The van der Waals surface area contributed by atoms with E-state index in [4.69, 9.17) is 16.3 Å².